The monoisotopic (exact) mass is 294 g/mol. The van der Waals surface area contributed by atoms with Crippen LogP contribution in [0, 0.1) is 0 Å². The molecule has 1 aromatic carbocycles. The smallest absolute Gasteiger partial charge is 0.172 e. The summed E-state index contributed by atoms with van der Waals surface area (Å²) >= 11 is 7.29. The van der Waals surface area contributed by atoms with E-state index in [4.69, 9.17) is 21.1 Å². The first-order valence-corrected chi connectivity index (χ1v) is 7.09. The second-order valence-electron chi connectivity index (χ2n) is 4.14. The molecule has 0 N–H and O–H groups in total. The van der Waals surface area contributed by atoms with E-state index in [0.717, 1.165) is 4.88 Å². The number of thiophene rings is 1. The van der Waals surface area contributed by atoms with Crippen LogP contribution in [-0.2, 0) is 6.42 Å². The fourth-order valence-corrected chi connectivity index (χ4v) is 3.08. The number of ketones is 1. The van der Waals surface area contributed by atoms with E-state index < -0.39 is 0 Å². The Morgan fingerprint density at radius 1 is 1.21 bits per heavy atom. The first kappa shape index (κ1) is 12.5. The number of halogens is 1. The minimum absolute atomic E-state index is 0.0147. The zero-order valence-corrected chi connectivity index (χ0v) is 11.6. The summed E-state index contributed by atoms with van der Waals surface area (Å²) < 4.78 is 11.7. The van der Waals surface area contributed by atoms with Crippen molar-refractivity contribution in [3.8, 4) is 11.5 Å². The fourth-order valence-electron chi connectivity index (χ4n) is 1.99. The molecule has 5 heteroatoms. The van der Waals surface area contributed by atoms with Crippen LogP contribution < -0.4 is 9.47 Å². The molecule has 2 aromatic rings. The number of carbonyl (C=O) groups excluding carboxylic acids is 1. The van der Waals surface area contributed by atoms with Gasteiger partial charge >= 0.3 is 0 Å². The van der Waals surface area contributed by atoms with Crippen LogP contribution >= 0.6 is 22.9 Å². The molecule has 0 spiro atoms. The number of rotatable bonds is 3. The molecule has 98 valence electrons. The lowest BCUT2D eigenvalue weighted by molar-refractivity contribution is 0.0982. The summed E-state index contributed by atoms with van der Waals surface area (Å²) in [6.07, 6.45) is 0.331. The molecule has 0 saturated heterocycles. The van der Waals surface area contributed by atoms with Gasteiger partial charge in [0.25, 0.3) is 0 Å². The van der Waals surface area contributed by atoms with Crippen LogP contribution in [0.15, 0.2) is 30.3 Å². The van der Waals surface area contributed by atoms with E-state index >= 15 is 0 Å². The molecule has 0 aliphatic carbocycles. The number of hydrogen-bond acceptors (Lipinski definition) is 4. The molecule has 3 rings (SSSR count). The van der Waals surface area contributed by atoms with Gasteiger partial charge in [-0.15, -0.1) is 11.3 Å². The first-order chi connectivity index (χ1) is 9.24. The molecule has 0 unspecified atom stereocenters. The molecule has 19 heavy (non-hydrogen) atoms. The maximum absolute atomic E-state index is 12.3. The van der Waals surface area contributed by atoms with E-state index in [0.29, 0.717) is 41.0 Å². The van der Waals surface area contributed by atoms with Gasteiger partial charge in [0.15, 0.2) is 17.3 Å². The number of hydrogen-bond donors (Lipinski definition) is 0. The van der Waals surface area contributed by atoms with Gasteiger partial charge in [-0.2, -0.15) is 0 Å². The van der Waals surface area contributed by atoms with Crippen LogP contribution in [-0.4, -0.2) is 19.0 Å². The van der Waals surface area contributed by atoms with Gasteiger partial charge in [-0.3, -0.25) is 4.79 Å². The zero-order valence-electron chi connectivity index (χ0n) is 10.0. The lowest BCUT2D eigenvalue weighted by Crippen LogP contribution is -2.18. The van der Waals surface area contributed by atoms with Gasteiger partial charge in [0, 0.05) is 11.3 Å². The number of carbonyl (C=O) groups is 1. The molecule has 0 bridgehead atoms. The third-order valence-corrected chi connectivity index (χ3v) is 4.06. The third kappa shape index (κ3) is 2.60. The van der Waals surface area contributed by atoms with E-state index in [9.17, 15) is 4.79 Å². The lowest BCUT2D eigenvalue weighted by atomic mass is 10.1. The SMILES string of the molecule is O=C(Cc1ccc(Cl)s1)c1cccc2c1OCCO2. The van der Waals surface area contributed by atoms with E-state index in [-0.39, 0.29) is 5.78 Å². The second-order valence-corrected chi connectivity index (χ2v) is 5.94. The summed E-state index contributed by atoms with van der Waals surface area (Å²) in [5.74, 6) is 1.21. The van der Waals surface area contributed by atoms with Crippen molar-refractivity contribution in [2.75, 3.05) is 13.2 Å². The molecule has 0 atom stereocenters. The van der Waals surface area contributed by atoms with Gasteiger partial charge in [-0.1, -0.05) is 17.7 Å². The van der Waals surface area contributed by atoms with Crippen LogP contribution in [0.2, 0.25) is 4.34 Å². The highest BCUT2D eigenvalue weighted by molar-refractivity contribution is 7.16. The molecule has 2 heterocycles. The molecule has 1 aliphatic rings. The Balaban J connectivity index is 1.87. The zero-order chi connectivity index (χ0) is 13.2. The molecule has 1 aromatic heterocycles. The molecule has 3 nitrogen and oxygen atoms in total. The second kappa shape index (κ2) is 5.23. The summed E-state index contributed by atoms with van der Waals surface area (Å²) in [6.45, 7) is 0.993. The van der Waals surface area contributed by atoms with Gasteiger partial charge in [-0.05, 0) is 24.3 Å². The van der Waals surface area contributed by atoms with E-state index in [1.165, 1.54) is 11.3 Å². The maximum atomic E-state index is 12.3. The van der Waals surface area contributed by atoms with Crippen LogP contribution in [0.5, 0.6) is 11.5 Å². The quantitative estimate of drug-likeness (QED) is 0.812. The highest BCUT2D eigenvalue weighted by atomic mass is 35.5. The Bertz CT molecular complexity index is 621. The van der Waals surface area contributed by atoms with Crippen molar-refractivity contribution in [1.29, 1.82) is 0 Å². The average molecular weight is 295 g/mol. The first-order valence-electron chi connectivity index (χ1n) is 5.90. The minimum atomic E-state index is 0.0147. The Hall–Kier alpha value is -1.52. The summed E-state index contributed by atoms with van der Waals surface area (Å²) in [5.41, 5.74) is 0.571. The molecular formula is C14H11ClO3S. The molecule has 0 fully saturated rings. The summed E-state index contributed by atoms with van der Waals surface area (Å²) in [4.78, 5) is 13.3. The highest BCUT2D eigenvalue weighted by Gasteiger charge is 2.20. The fraction of sp³-hybridized carbons (Fsp3) is 0.214. The Labute approximate surface area is 119 Å². The molecule has 0 amide bonds. The predicted molar refractivity (Wildman–Crippen MR) is 74.8 cm³/mol. The van der Waals surface area contributed by atoms with Gasteiger partial charge in [0.1, 0.15) is 13.2 Å². The standard InChI is InChI=1S/C14H11ClO3S/c15-13-5-4-9(19-13)8-11(16)10-2-1-3-12-14(10)18-7-6-17-12/h1-5H,6-8H2. The van der Waals surface area contributed by atoms with Crippen LogP contribution in [0.1, 0.15) is 15.2 Å². The van der Waals surface area contributed by atoms with Crippen LogP contribution in [0.4, 0.5) is 0 Å². The minimum Gasteiger partial charge on any atom is -0.486 e. The number of Topliss-reactive ketones (excluding diaryl/α,β-unsaturated/α-hetero) is 1. The summed E-state index contributed by atoms with van der Waals surface area (Å²) in [7, 11) is 0. The van der Waals surface area contributed by atoms with Crippen molar-refractivity contribution in [2.45, 2.75) is 6.42 Å². The Morgan fingerprint density at radius 3 is 2.84 bits per heavy atom. The number of fused-ring (bicyclic) bond motifs is 1. The van der Waals surface area contributed by atoms with Gasteiger partial charge in [0.05, 0.1) is 9.90 Å². The largest absolute Gasteiger partial charge is 0.486 e. The topological polar surface area (TPSA) is 35.5 Å². The average Bonchev–Trinajstić information content (AvgIpc) is 2.83. The normalized spacial score (nSPS) is 13.3. The van der Waals surface area contributed by atoms with E-state index in [1.807, 2.05) is 18.2 Å². The van der Waals surface area contributed by atoms with Crippen molar-refractivity contribution in [1.82, 2.24) is 0 Å². The highest BCUT2D eigenvalue weighted by Crippen LogP contribution is 2.34. The lowest BCUT2D eigenvalue weighted by Gasteiger charge is -2.20. The summed E-state index contributed by atoms with van der Waals surface area (Å²) in [6, 6.07) is 9.06. The van der Waals surface area contributed by atoms with Crippen molar-refractivity contribution in [3.63, 3.8) is 0 Å². The summed E-state index contributed by atoms with van der Waals surface area (Å²) in [5, 5.41) is 0. The Kier molecular flexibility index (Phi) is 3.44. The van der Waals surface area contributed by atoms with E-state index in [2.05, 4.69) is 0 Å². The van der Waals surface area contributed by atoms with Crippen molar-refractivity contribution in [3.05, 3.63) is 45.1 Å². The van der Waals surface area contributed by atoms with Gasteiger partial charge < -0.3 is 9.47 Å². The van der Waals surface area contributed by atoms with Crippen molar-refractivity contribution in [2.24, 2.45) is 0 Å². The number of benzene rings is 1. The van der Waals surface area contributed by atoms with Crippen LogP contribution in [0.25, 0.3) is 0 Å². The molecular weight excluding hydrogens is 284 g/mol. The van der Waals surface area contributed by atoms with Gasteiger partial charge in [-0.25, -0.2) is 0 Å². The molecule has 1 aliphatic heterocycles. The molecule has 0 radical (unpaired) electrons. The maximum Gasteiger partial charge on any atom is 0.172 e. The number of ether oxygens (including phenoxy) is 2. The predicted octanol–water partition coefficient (Wildman–Crippen LogP) is 3.60. The van der Waals surface area contributed by atoms with Crippen molar-refractivity contribution >= 4 is 28.7 Å². The number of para-hydroxylation sites is 1. The Morgan fingerprint density at radius 2 is 2.05 bits per heavy atom. The molecule has 0 saturated carbocycles. The van der Waals surface area contributed by atoms with Crippen LogP contribution in [0.3, 0.4) is 0 Å². The van der Waals surface area contributed by atoms with E-state index in [1.54, 1.807) is 12.1 Å². The third-order valence-electron chi connectivity index (χ3n) is 2.83. The van der Waals surface area contributed by atoms with Gasteiger partial charge in [0.2, 0.25) is 0 Å². The van der Waals surface area contributed by atoms with Crippen molar-refractivity contribution < 1.29 is 14.3 Å².